The number of hydrogen-bond donors (Lipinski definition) is 0. The molecule has 0 spiro atoms. The first-order valence-electron chi connectivity index (χ1n) is 10.3. The first-order chi connectivity index (χ1) is 14.1. The van der Waals surface area contributed by atoms with Crippen molar-refractivity contribution in [2.45, 2.75) is 38.6 Å². The number of hydrogen-bond acceptors (Lipinski definition) is 4. The number of likely N-dealkylation sites (tertiary alicyclic amines) is 1. The molecule has 2 aliphatic rings. The van der Waals surface area contributed by atoms with Crippen LogP contribution in [-0.4, -0.2) is 47.6 Å². The summed E-state index contributed by atoms with van der Waals surface area (Å²) in [6.45, 7) is 3.64. The molecule has 2 fully saturated rings. The number of pyridine rings is 1. The molecule has 3 heterocycles. The number of anilines is 1. The summed E-state index contributed by atoms with van der Waals surface area (Å²) >= 11 is 0. The minimum absolute atomic E-state index is 0.0496. The Kier molecular flexibility index (Phi) is 5.79. The number of piperidine rings is 1. The minimum Gasteiger partial charge on any atom is -0.447 e. The second-order valence-corrected chi connectivity index (χ2v) is 7.93. The molecule has 4 rings (SSSR count). The third kappa shape index (κ3) is 4.58. The van der Waals surface area contributed by atoms with Gasteiger partial charge < -0.3 is 9.64 Å². The number of cyclic esters (lactones) is 1. The number of carbonyl (C=O) groups is 2. The Morgan fingerprint density at radius 2 is 1.83 bits per heavy atom. The van der Waals surface area contributed by atoms with E-state index >= 15 is 0 Å². The van der Waals surface area contributed by atoms with Crippen LogP contribution in [0, 0.1) is 5.92 Å². The Labute approximate surface area is 171 Å². The molecule has 2 aromatic rings. The number of amides is 2. The standard InChI is InChI=1S/C23H27N3O3/c1-17(27)25-12-10-19(11-13-25)14-20-8-5-9-22(24-20)26-21(16-29-23(26)28)15-18-6-3-2-4-7-18/h2-9,19,21H,10-16H2,1H3/t21-/m1/s1. The Bertz CT molecular complexity index is 863. The van der Waals surface area contributed by atoms with Gasteiger partial charge in [-0.2, -0.15) is 0 Å². The van der Waals surface area contributed by atoms with Crippen LogP contribution in [0.15, 0.2) is 48.5 Å². The smallest absolute Gasteiger partial charge is 0.415 e. The second-order valence-electron chi connectivity index (χ2n) is 7.93. The van der Waals surface area contributed by atoms with Gasteiger partial charge in [0, 0.05) is 25.7 Å². The van der Waals surface area contributed by atoms with Gasteiger partial charge in [0.05, 0.1) is 6.04 Å². The number of ether oxygens (including phenoxy) is 1. The molecule has 1 aromatic carbocycles. The van der Waals surface area contributed by atoms with Crippen LogP contribution in [0.5, 0.6) is 0 Å². The van der Waals surface area contributed by atoms with Crippen LogP contribution < -0.4 is 4.90 Å². The van der Waals surface area contributed by atoms with Crippen LogP contribution in [0.2, 0.25) is 0 Å². The number of benzene rings is 1. The lowest BCUT2D eigenvalue weighted by Crippen LogP contribution is -2.37. The highest BCUT2D eigenvalue weighted by Gasteiger charge is 2.35. The van der Waals surface area contributed by atoms with Crippen LogP contribution in [0.1, 0.15) is 31.0 Å². The molecule has 29 heavy (non-hydrogen) atoms. The van der Waals surface area contributed by atoms with Gasteiger partial charge in [-0.1, -0.05) is 36.4 Å². The second kappa shape index (κ2) is 8.64. The summed E-state index contributed by atoms with van der Waals surface area (Å²) in [5, 5.41) is 0. The van der Waals surface area contributed by atoms with Gasteiger partial charge in [-0.3, -0.25) is 9.69 Å². The lowest BCUT2D eigenvalue weighted by atomic mass is 9.92. The zero-order valence-electron chi connectivity index (χ0n) is 16.8. The van der Waals surface area contributed by atoms with Crippen LogP contribution >= 0.6 is 0 Å². The molecule has 2 saturated heterocycles. The molecule has 152 valence electrons. The third-order valence-corrected chi connectivity index (χ3v) is 5.87. The van der Waals surface area contributed by atoms with Crippen molar-refractivity contribution in [2.24, 2.45) is 5.92 Å². The maximum absolute atomic E-state index is 12.4. The number of nitrogens with zero attached hydrogens (tertiary/aromatic N) is 3. The van der Waals surface area contributed by atoms with E-state index in [2.05, 4.69) is 12.1 Å². The molecule has 0 radical (unpaired) electrons. The Balaban J connectivity index is 1.44. The summed E-state index contributed by atoms with van der Waals surface area (Å²) < 4.78 is 5.34. The van der Waals surface area contributed by atoms with Crippen molar-refractivity contribution in [2.75, 3.05) is 24.6 Å². The number of rotatable bonds is 5. The fraction of sp³-hybridized carbons (Fsp3) is 0.435. The monoisotopic (exact) mass is 393 g/mol. The molecule has 2 aliphatic heterocycles. The van der Waals surface area contributed by atoms with Gasteiger partial charge in [0.25, 0.3) is 0 Å². The van der Waals surface area contributed by atoms with Crippen LogP contribution in [0.3, 0.4) is 0 Å². The van der Waals surface area contributed by atoms with Crippen molar-refractivity contribution < 1.29 is 14.3 Å². The third-order valence-electron chi connectivity index (χ3n) is 5.87. The van der Waals surface area contributed by atoms with Gasteiger partial charge in [0.2, 0.25) is 5.91 Å². The minimum atomic E-state index is -0.328. The van der Waals surface area contributed by atoms with Gasteiger partial charge in [-0.25, -0.2) is 9.78 Å². The normalized spacial score (nSPS) is 20.0. The lowest BCUT2D eigenvalue weighted by molar-refractivity contribution is -0.130. The van der Waals surface area contributed by atoms with E-state index in [-0.39, 0.29) is 18.0 Å². The van der Waals surface area contributed by atoms with Crippen LogP contribution in [0.25, 0.3) is 0 Å². The van der Waals surface area contributed by atoms with Gasteiger partial charge in [-0.15, -0.1) is 0 Å². The van der Waals surface area contributed by atoms with E-state index < -0.39 is 0 Å². The maximum atomic E-state index is 12.4. The summed E-state index contributed by atoms with van der Waals surface area (Å²) in [6, 6.07) is 16.0. The van der Waals surface area contributed by atoms with Gasteiger partial charge in [0.15, 0.2) is 0 Å². The van der Waals surface area contributed by atoms with E-state index in [1.54, 1.807) is 11.8 Å². The molecular formula is C23H27N3O3. The molecule has 2 amide bonds. The van der Waals surface area contributed by atoms with Crippen molar-refractivity contribution in [1.29, 1.82) is 0 Å². The molecule has 6 heteroatoms. The average Bonchev–Trinajstić information content (AvgIpc) is 3.09. The molecular weight excluding hydrogens is 366 g/mol. The number of aromatic nitrogens is 1. The molecule has 0 saturated carbocycles. The highest BCUT2D eigenvalue weighted by atomic mass is 16.6. The average molecular weight is 393 g/mol. The van der Waals surface area contributed by atoms with E-state index in [1.165, 1.54) is 5.56 Å². The first kappa shape index (κ1) is 19.4. The summed E-state index contributed by atoms with van der Waals surface area (Å²) in [5.74, 6) is 1.33. The highest BCUT2D eigenvalue weighted by molar-refractivity contribution is 5.89. The van der Waals surface area contributed by atoms with E-state index in [4.69, 9.17) is 9.72 Å². The largest absolute Gasteiger partial charge is 0.447 e. The Morgan fingerprint density at radius 3 is 2.55 bits per heavy atom. The highest BCUT2D eigenvalue weighted by Crippen LogP contribution is 2.26. The van der Waals surface area contributed by atoms with Crippen molar-refractivity contribution in [1.82, 2.24) is 9.88 Å². The molecule has 0 N–H and O–H groups in total. The molecule has 6 nitrogen and oxygen atoms in total. The predicted octanol–water partition coefficient (Wildman–Crippen LogP) is 3.45. The predicted molar refractivity (Wildman–Crippen MR) is 111 cm³/mol. The van der Waals surface area contributed by atoms with E-state index in [9.17, 15) is 9.59 Å². The van der Waals surface area contributed by atoms with Crippen molar-refractivity contribution in [3.05, 3.63) is 59.8 Å². The lowest BCUT2D eigenvalue weighted by Gasteiger charge is -2.31. The van der Waals surface area contributed by atoms with Crippen LogP contribution in [-0.2, 0) is 22.4 Å². The first-order valence-corrected chi connectivity index (χ1v) is 10.3. The SMILES string of the molecule is CC(=O)N1CCC(Cc2cccc(N3C(=O)OC[C@H]3Cc3ccccc3)n2)CC1. The van der Waals surface area contributed by atoms with Gasteiger partial charge in [0.1, 0.15) is 12.4 Å². The van der Waals surface area contributed by atoms with Crippen LogP contribution in [0.4, 0.5) is 10.6 Å². The molecule has 0 unspecified atom stereocenters. The topological polar surface area (TPSA) is 62.7 Å². The fourth-order valence-electron chi connectivity index (χ4n) is 4.24. The van der Waals surface area contributed by atoms with E-state index in [0.29, 0.717) is 18.3 Å². The van der Waals surface area contributed by atoms with E-state index in [1.807, 2.05) is 41.3 Å². The molecule has 1 atom stereocenters. The number of carbonyl (C=O) groups excluding carboxylic acids is 2. The summed E-state index contributed by atoms with van der Waals surface area (Å²) in [6.07, 6.45) is 3.26. The van der Waals surface area contributed by atoms with Crippen molar-refractivity contribution in [3.63, 3.8) is 0 Å². The fourth-order valence-corrected chi connectivity index (χ4v) is 4.24. The van der Waals surface area contributed by atoms with Gasteiger partial charge in [-0.05, 0) is 49.3 Å². The summed E-state index contributed by atoms with van der Waals surface area (Å²) in [5.41, 5.74) is 2.16. The summed E-state index contributed by atoms with van der Waals surface area (Å²) in [7, 11) is 0. The van der Waals surface area contributed by atoms with E-state index in [0.717, 1.165) is 44.5 Å². The zero-order chi connectivity index (χ0) is 20.2. The van der Waals surface area contributed by atoms with Gasteiger partial charge >= 0.3 is 6.09 Å². The molecule has 0 aliphatic carbocycles. The Hall–Kier alpha value is -2.89. The quantitative estimate of drug-likeness (QED) is 0.781. The van der Waals surface area contributed by atoms with Crippen molar-refractivity contribution in [3.8, 4) is 0 Å². The maximum Gasteiger partial charge on any atom is 0.415 e. The molecule has 0 bridgehead atoms. The zero-order valence-corrected chi connectivity index (χ0v) is 16.8. The summed E-state index contributed by atoms with van der Waals surface area (Å²) in [4.78, 5) is 32.3. The molecule has 1 aromatic heterocycles. The Morgan fingerprint density at radius 1 is 1.07 bits per heavy atom. The van der Waals surface area contributed by atoms with Crippen molar-refractivity contribution >= 4 is 17.8 Å².